The number of carbonyl (C=O) groups is 2. The van der Waals surface area contributed by atoms with Gasteiger partial charge in [-0.05, 0) is 24.9 Å². The summed E-state index contributed by atoms with van der Waals surface area (Å²) in [5, 5.41) is 5.30. The molecular formula is C28H35F4N5O3S. The van der Waals surface area contributed by atoms with Crippen molar-refractivity contribution in [2.45, 2.75) is 56.8 Å². The maximum atomic E-state index is 14.5. The standard InChI is InChI=1S/C28H35F4N5O3S/c1-16(2)12-20(26(39)37-13-19(29)24-23(37)22(38)14-40-24)33-25(28(30,31)32)18-6-4-17(5-7-18)21-15-41-27(34-21)36-10-8-35(3)9-11-36/h4-7,15-16,19-20,23-25,33H,8-14H2,1-3H3/t19-,20-,23+,24+,25-/m0/s1. The minimum Gasteiger partial charge on any atom is -0.365 e. The molecule has 5 atom stereocenters. The number of ether oxygens (including phenoxy) is 1. The van der Waals surface area contributed by atoms with Gasteiger partial charge in [0.05, 0.1) is 18.3 Å². The van der Waals surface area contributed by atoms with Crippen LogP contribution in [0.25, 0.3) is 11.3 Å². The Balaban J connectivity index is 1.34. The summed E-state index contributed by atoms with van der Waals surface area (Å²) in [5.74, 6) is -1.30. The number of Topliss-reactive ketones (excluding diaryl/α,β-unsaturated/α-hetero) is 1. The van der Waals surface area contributed by atoms with Crippen molar-refractivity contribution >= 4 is 28.2 Å². The van der Waals surface area contributed by atoms with Crippen LogP contribution in [-0.2, 0) is 14.3 Å². The van der Waals surface area contributed by atoms with Crippen LogP contribution in [-0.4, -0.2) is 103 Å². The van der Waals surface area contributed by atoms with Gasteiger partial charge in [-0.2, -0.15) is 13.2 Å². The van der Waals surface area contributed by atoms with Gasteiger partial charge in [0.1, 0.15) is 31.0 Å². The Morgan fingerprint density at radius 3 is 2.49 bits per heavy atom. The third-order valence-electron chi connectivity index (χ3n) is 7.91. The van der Waals surface area contributed by atoms with E-state index in [1.54, 1.807) is 26.0 Å². The van der Waals surface area contributed by atoms with E-state index in [0.29, 0.717) is 11.3 Å². The average molecular weight is 598 g/mol. The van der Waals surface area contributed by atoms with Gasteiger partial charge >= 0.3 is 6.18 Å². The number of hydrogen-bond donors (Lipinski definition) is 1. The van der Waals surface area contributed by atoms with Gasteiger partial charge in [0.15, 0.2) is 10.9 Å². The molecule has 4 heterocycles. The van der Waals surface area contributed by atoms with Crippen LogP contribution in [0.4, 0.5) is 22.7 Å². The first-order valence-electron chi connectivity index (χ1n) is 13.8. The Bertz CT molecular complexity index is 1230. The molecule has 1 amide bonds. The van der Waals surface area contributed by atoms with Crippen LogP contribution in [0.15, 0.2) is 29.6 Å². The second-order valence-corrected chi connectivity index (χ2v) is 12.3. The highest BCUT2D eigenvalue weighted by Crippen LogP contribution is 2.36. The highest BCUT2D eigenvalue weighted by Gasteiger charge is 2.54. The molecule has 5 rings (SSSR count). The lowest BCUT2D eigenvalue weighted by Crippen LogP contribution is -2.53. The Kier molecular flexibility index (Phi) is 8.70. The van der Waals surface area contributed by atoms with Crippen molar-refractivity contribution in [1.29, 1.82) is 0 Å². The van der Waals surface area contributed by atoms with E-state index in [4.69, 9.17) is 9.72 Å². The molecule has 0 saturated carbocycles. The number of ketones is 1. The summed E-state index contributed by atoms with van der Waals surface area (Å²) in [7, 11) is 2.07. The highest BCUT2D eigenvalue weighted by molar-refractivity contribution is 7.14. The first kappa shape index (κ1) is 29.9. The highest BCUT2D eigenvalue weighted by atomic mass is 32.1. The van der Waals surface area contributed by atoms with E-state index < -0.39 is 48.3 Å². The number of alkyl halides is 4. The van der Waals surface area contributed by atoms with Crippen LogP contribution in [0, 0.1) is 5.92 Å². The van der Waals surface area contributed by atoms with Gasteiger partial charge in [-0.15, -0.1) is 11.3 Å². The molecule has 0 bridgehead atoms. The lowest BCUT2D eigenvalue weighted by molar-refractivity contribution is -0.163. The number of nitrogens with zero attached hydrogens (tertiary/aromatic N) is 4. The predicted molar refractivity (Wildman–Crippen MR) is 148 cm³/mol. The molecule has 3 aliphatic rings. The number of benzene rings is 1. The number of rotatable bonds is 8. The molecule has 13 heteroatoms. The smallest absolute Gasteiger partial charge is 0.365 e. The van der Waals surface area contributed by atoms with Crippen LogP contribution < -0.4 is 10.2 Å². The molecule has 2 aromatic rings. The van der Waals surface area contributed by atoms with E-state index in [9.17, 15) is 27.2 Å². The topological polar surface area (TPSA) is 78.0 Å². The number of likely N-dealkylation sites (N-methyl/N-ethyl adjacent to an activating group) is 1. The van der Waals surface area contributed by atoms with Gasteiger partial charge in [0.2, 0.25) is 5.91 Å². The number of amides is 1. The van der Waals surface area contributed by atoms with Crippen molar-refractivity contribution in [2.75, 3.05) is 51.3 Å². The molecule has 1 aromatic heterocycles. The van der Waals surface area contributed by atoms with Crippen molar-refractivity contribution in [1.82, 2.24) is 20.1 Å². The number of thiazole rings is 1. The van der Waals surface area contributed by atoms with E-state index in [-0.39, 0.29) is 31.1 Å². The van der Waals surface area contributed by atoms with Crippen molar-refractivity contribution in [3.63, 3.8) is 0 Å². The molecule has 0 spiro atoms. The number of nitrogens with one attached hydrogen (secondary N) is 1. The molecule has 0 aliphatic carbocycles. The predicted octanol–water partition coefficient (Wildman–Crippen LogP) is 3.69. The Morgan fingerprint density at radius 2 is 1.85 bits per heavy atom. The molecule has 1 aromatic carbocycles. The van der Waals surface area contributed by atoms with Gasteiger partial charge in [-0.3, -0.25) is 14.9 Å². The second-order valence-electron chi connectivity index (χ2n) is 11.4. The first-order valence-corrected chi connectivity index (χ1v) is 14.7. The zero-order valence-electron chi connectivity index (χ0n) is 23.2. The SMILES string of the molecule is CC(C)C[C@H](N[C@@H](c1ccc(-c2csc(N3CCN(C)CC3)n2)cc1)C(F)(F)F)C(=O)N1C[C@H](F)[C@H]2OCC(=O)[C@H]21. The van der Waals surface area contributed by atoms with Crippen LogP contribution in [0.2, 0.25) is 0 Å². The van der Waals surface area contributed by atoms with E-state index in [1.165, 1.54) is 23.5 Å². The summed E-state index contributed by atoms with van der Waals surface area (Å²) < 4.78 is 62.9. The molecule has 0 unspecified atom stereocenters. The fraction of sp³-hybridized carbons (Fsp3) is 0.607. The molecule has 0 radical (unpaired) electrons. The molecule has 224 valence electrons. The van der Waals surface area contributed by atoms with Crippen LogP contribution >= 0.6 is 11.3 Å². The molecular weight excluding hydrogens is 562 g/mol. The summed E-state index contributed by atoms with van der Waals surface area (Å²) in [6.07, 6.45) is -7.27. The van der Waals surface area contributed by atoms with Crippen molar-refractivity contribution < 1.29 is 31.9 Å². The normalized spacial score (nSPS) is 25.2. The largest absolute Gasteiger partial charge is 0.407 e. The van der Waals surface area contributed by atoms with Crippen molar-refractivity contribution in [2.24, 2.45) is 5.92 Å². The minimum atomic E-state index is -4.71. The molecule has 8 nitrogen and oxygen atoms in total. The monoisotopic (exact) mass is 597 g/mol. The van der Waals surface area contributed by atoms with Gasteiger partial charge in [0, 0.05) is 37.1 Å². The number of likely N-dealkylation sites (tertiary alicyclic amines) is 1. The Morgan fingerprint density at radius 1 is 1.17 bits per heavy atom. The Hall–Kier alpha value is -2.61. The number of carbonyl (C=O) groups excluding carboxylic acids is 2. The van der Waals surface area contributed by atoms with Crippen molar-refractivity contribution in [3.05, 3.63) is 35.2 Å². The quantitative estimate of drug-likeness (QED) is 0.466. The fourth-order valence-corrected chi connectivity index (χ4v) is 6.59. The molecule has 1 N–H and O–H groups in total. The van der Waals surface area contributed by atoms with E-state index in [0.717, 1.165) is 36.2 Å². The molecule has 3 fully saturated rings. The summed E-state index contributed by atoms with van der Waals surface area (Å²) in [5.41, 5.74) is 1.32. The second kappa shape index (κ2) is 11.9. The number of halogens is 4. The first-order chi connectivity index (χ1) is 19.4. The number of anilines is 1. The molecule has 41 heavy (non-hydrogen) atoms. The zero-order chi connectivity index (χ0) is 29.5. The number of hydrogen-bond acceptors (Lipinski definition) is 8. The lowest BCUT2D eigenvalue weighted by Gasteiger charge is -2.32. The summed E-state index contributed by atoms with van der Waals surface area (Å²) in [6.45, 7) is 6.49. The van der Waals surface area contributed by atoms with Crippen LogP contribution in [0.3, 0.4) is 0 Å². The van der Waals surface area contributed by atoms with Gasteiger partial charge in [-0.1, -0.05) is 38.1 Å². The summed E-state index contributed by atoms with van der Waals surface area (Å²) in [6, 6.07) is 1.47. The van der Waals surface area contributed by atoms with Crippen LogP contribution in [0.5, 0.6) is 0 Å². The maximum Gasteiger partial charge on any atom is 0.407 e. The van der Waals surface area contributed by atoms with E-state index in [2.05, 4.69) is 22.2 Å². The number of fused-ring (bicyclic) bond motifs is 1. The van der Waals surface area contributed by atoms with Gasteiger partial charge in [0.25, 0.3) is 0 Å². The number of piperazine rings is 1. The van der Waals surface area contributed by atoms with Gasteiger partial charge < -0.3 is 19.4 Å². The number of aromatic nitrogens is 1. The molecule has 3 saturated heterocycles. The minimum absolute atomic E-state index is 0.0553. The van der Waals surface area contributed by atoms with E-state index >= 15 is 0 Å². The average Bonchev–Trinajstić information content (AvgIpc) is 3.64. The molecule has 3 aliphatic heterocycles. The Labute approximate surface area is 240 Å². The third-order valence-corrected chi connectivity index (χ3v) is 8.81. The van der Waals surface area contributed by atoms with Crippen molar-refractivity contribution in [3.8, 4) is 11.3 Å². The summed E-state index contributed by atoms with van der Waals surface area (Å²) >= 11 is 1.51. The summed E-state index contributed by atoms with van der Waals surface area (Å²) in [4.78, 5) is 36.0. The van der Waals surface area contributed by atoms with E-state index in [1.807, 2.05) is 5.38 Å². The fourth-order valence-electron chi connectivity index (χ4n) is 5.70. The zero-order valence-corrected chi connectivity index (χ0v) is 24.1. The maximum absolute atomic E-state index is 14.5. The van der Waals surface area contributed by atoms with Gasteiger partial charge in [-0.25, -0.2) is 9.37 Å². The van der Waals surface area contributed by atoms with Crippen LogP contribution in [0.1, 0.15) is 31.9 Å². The third kappa shape index (κ3) is 6.42. The lowest BCUT2D eigenvalue weighted by atomic mass is 9.98.